The summed E-state index contributed by atoms with van der Waals surface area (Å²) in [5.74, 6) is -0.167. The largest absolute Gasteiger partial charge is 0.348 e. The second kappa shape index (κ2) is 7.75. The van der Waals surface area contributed by atoms with Crippen LogP contribution in [0.5, 0.6) is 0 Å². The van der Waals surface area contributed by atoms with Gasteiger partial charge in [0.05, 0.1) is 6.54 Å². The van der Waals surface area contributed by atoms with Crippen LogP contribution in [0, 0.1) is 6.92 Å². The van der Waals surface area contributed by atoms with Gasteiger partial charge in [0.2, 0.25) is 11.5 Å². The summed E-state index contributed by atoms with van der Waals surface area (Å²) < 4.78 is 3.16. The highest BCUT2D eigenvalue weighted by Crippen LogP contribution is 2.16. The van der Waals surface area contributed by atoms with Gasteiger partial charge in [-0.3, -0.25) is 19.0 Å². The van der Waals surface area contributed by atoms with Crippen molar-refractivity contribution in [1.29, 1.82) is 0 Å². The molecular formula is C22H21N6O2+. The molecule has 3 N–H and O–H groups in total. The molecule has 0 aliphatic rings. The minimum Gasteiger partial charge on any atom is -0.348 e. The number of nitrogens with zero attached hydrogens (tertiary/aromatic N) is 4. The van der Waals surface area contributed by atoms with Crippen molar-refractivity contribution in [2.45, 2.75) is 13.5 Å². The zero-order valence-electron chi connectivity index (χ0n) is 16.5. The third-order valence-corrected chi connectivity index (χ3v) is 4.81. The van der Waals surface area contributed by atoms with Gasteiger partial charge in [-0.2, -0.15) is 0 Å². The molecule has 0 bridgehead atoms. The molecule has 8 nitrogen and oxygen atoms in total. The molecule has 0 saturated carbocycles. The van der Waals surface area contributed by atoms with Gasteiger partial charge in [-0.15, -0.1) is 6.58 Å². The first kappa shape index (κ1) is 19.3. The third kappa shape index (κ3) is 3.39. The molecular weight excluding hydrogens is 380 g/mol. The average molecular weight is 401 g/mol. The van der Waals surface area contributed by atoms with Gasteiger partial charge in [-0.25, -0.2) is 4.57 Å². The molecule has 1 amide bonds. The Balaban J connectivity index is 2.04. The predicted octanol–water partition coefficient (Wildman–Crippen LogP) is 1.38. The topological polar surface area (TPSA) is 106 Å². The maximum absolute atomic E-state index is 13.3. The van der Waals surface area contributed by atoms with E-state index in [1.165, 1.54) is 10.5 Å². The van der Waals surface area contributed by atoms with E-state index in [0.29, 0.717) is 23.2 Å². The first-order valence-electron chi connectivity index (χ1n) is 9.42. The van der Waals surface area contributed by atoms with Crippen LogP contribution in [0.1, 0.15) is 21.5 Å². The van der Waals surface area contributed by atoms with Crippen LogP contribution in [0.4, 0.5) is 5.82 Å². The molecule has 0 radical (unpaired) electrons. The van der Waals surface area contributed by atoms with Crippen molar-refractivity contribution in [3.05, 3.63) is 88.6 Å². The van der Waals surface area contributed by atoms with Crippen molar-refractivity contribution in [1.82, 2.24) is 19.7 Å². The number of hydrogen-bond acceptors (Lipinski definition) is 5. The van der Waals surface area contributed by atoms with Crippen molar-refractivity contribution in [2.75, 3.05) is 12.3 Å². The number of aromatic nitrogens is 4. The first-order valence-corrected chi connectivity index (χ1v) is 9.42. The highest BCUT2D eigenvalue weighted by atomic mass is 16.1. The summed E-state index contributed by atoms with van der Waals surface area (Å²) in [5.41, 5.74) is 9.04. The number of nitrogens with two attached hydrogens (primary N) is 1. The van der Waals surface area contributed by atoms with Gasteiger partial charge in [-0.1, -0.05) is 23.2 Å². The molecule has 4 aromatic rings. The summed E-state index contributed by atoms with van der Waals surface area (Å²) in [6, 6.07) is 8.89. The Morgan fingerprint density at radius 1 is 1.37 bits per heavy atom. The van der Waals surface area contributed by atoms with Crippen LogP contribution in [0.15, 0.2) is 66.4 Å². The van der Waals surface area contributed by atoms with Crippen LogP contribution in [-0.2, 0) is 6.54 Å². The van der Waals surface area contributed by atoms with Gasteiger partial charge < -0.3 is 11.1 Å². The SMILES string of the molecule is C=CCNC(=O)c1cc2c(=O)n3cc(C)ccc3nc2[n+](Cc2cccnc2)c1N. The second-order valence-electron chi connectivity index (χ2n) is 6.98. The minimum absolute atomic E-state index is 0.208. The second-order valence-corrected chi connectivity index (χ2v) is 6.98. The van der Waals surface area contributed by atoms with Crippen molar-refractivity contribution >= 4 is 28.4 Å². The van der Waals surface area contributed by atoms with E-state index in [9.17, 15) is 9.59 Å². The Labute approximate surface area is 172 Å². The van der Waals surface area contributed by atoms with Crippen LogP contribution in [0.3, 0.4) is 0 Å². The predicted molar refractivity (Wildman–Crippen MR) is 114 cm³/mol. The Bertz CT molecular complexity index is 1350. The zero-order valence-corrected chi connectivity index (χ0v) is 16.5. The van der Waals surface area contributed by atoms with Gasteiger partial charge in [0.1, 0.15) is 10.9 Å². The summed E-state index contributed by atoms with van der Waals surface area (Å²) in [4.78, 5) is 34.8. The standard InChI is InChI=1S/C22H20N6O2/c1-3-8-25-21(29)16-10-17-20(26-18-7-6-14(2)12-27(18)22(17)30)28(19(16)23)13-15-5-4-9-24-11-15/h3-7,9-12,23H,1,8,13H2,2H3,(H,25,29)/p+1. The normalized spacial score (nSPS) is 11.0. The fourth-order valence-electron chi connectivity index (χ4n) is 3.33. The fourth-order valence-corrected chi connectivity index (χ4v) is 3.33. The molecule has 8 heteroatoms. The monoisotopic (exact) mass is 401 g/mol. The molecule has 4 aromatic heterocycles. The number of anilines is 1. The lowest BCUT2D eigenvalue weighted by atomic mass is 10.1. The molecule has 0 aliphatic carbocycles. The van der Waals surface area contributed by atoms with Crippen molar-refractivity contribution in [3.63, 3.8) is 0 Å². The van der Waals surface area contributed by atoms with Crippen molar-refractivity contribution in [2.24, 2.45) is 0 Å². The Kier molecular flexibility index (Phi) is 4.97. The number of hydrogen-bond donors (Lipinski definition) is 2. The van der Waals surface area contributed by atoms with E-state index in [4.69, 9.17) is 5.73 Å². The van der Waals surface area contributed by atoms with Crippen LogP contribution in [0.25, 0.3) is 16.7 Å². The summed E-state index contributed by atoms with van der Waals surface area (Å²) in [6.07, 6.45) is 6.68. The molecule has 4 rings (SSSR count). The lowest BCUT2D eigenvalue weighted by molar-refractivity contribution is -0.649. The highest BCUT2D eigenvalue weighted by molar-refractivity contribution is 6.00. The number of amides is 1. The maximum Gasteiger partial charge on any atom is 0.278 e. The van der Waals surface area contributed by atoms with Crippen molar-refractivity contribution in [3.8, 4) is 0 Å². The van der Waals surface area contributed by atoms with Crippen LogP contribution in [0.2, 0.25) is 0 Å². The molecule has 0 aliphatic heterocycles. The number of nitrogen functional groups attached to an aromatic ring is 1. The lowest BCUT2D eigenvalue weighted by Crippen LogP contribution is -2.43. The highest BCUT2D eigenvalue weighted by Gasteiger charge is 2.24. The number of pyridine rings is 3. The maximum atomic E-state index is 13.3. The van der Waals surface area contributed by atoms with E-state index >= 15 is 0 Å². The molecule has 0 atom stereocenters. The first-order chi connectivity index (χ1) is 14.5. The zero-order chi connectivity index (χ0) is 21.3. The fraction of sp³-hybridized carbons (Fsp3) is 0.136. The summed E-state index contributed by atoms with van der Waals surface area (Å²) in [5, 5.41) is 3.02. The molecule has 0 spiro atoms. The van der Waals surface area contributed by atoms with E-state index in [0.717, 1.165) is 11.1 Å². The van der Waals surface area contributed by atoms with Crippen LogP contribution >= 0.6 is 0 Å². The number of rotatable bonds is 5. The van der Waals surface area contributed by atoms with E-state index in [-0.39, 0.29) is 29.4 Å². The van der Waals surface area contributed by atoms with E-state index in [1.54, 1.807) is 35.3 Å². The summed E-state index contributed by atoms with van der Waals surface area (Å²) in [7, 11) is 0. The van der Waals surface area contributed by atoms with Gasteiger partial charge >= 0.3 is 0 Å². The smallest absolute Gasteiger partial charge is 0.278 e. The number of carbonyl (C=O) groups is 1. The van der Waals surface area contributed by atoms with Crippen molar-refractivity contribution < 1.29 is 9.36 Å². The van der Waals surface area contributed by atoms with Crippen LogP contribution in [-0.4, -0.2) is 26.8 Å². The number of aryl methyl sites for hydroxylation is 1. The molecule has 0 saturated heterocycles. The third-order valence-electron chi connectivity index (χ3n) is 4.81. The van der Waals surface area contributed by atoms with Gasteiger partial charge in [-0.05, 0) is 30.7 Å². The number of fused-ring (bicyclic) bond motifs is 2. The minimum atomic E-state index is -0.386. The van der Waals surface area contributed by atoms with E-state index in [2.05, 4.69) is 21.9 Å². The molecule has 150 valence electrons. The Morgan fingerprint density at radius 2 is 2.20 bits per heavy atom. The molecule has 0 fully saturated rings. The molecule has 30 heavy (non-hydrogen) atoms. The van der Waals surface area contributed by atoms with Crippen LogP contribution < -0.4 is 21.2 Å². The Hall–Kier alpha value is -4.07. The summed E-state index contributed by atoms with van der Waals surface area (Å²) in [6.45, 7) is 6.10. The number of carbonyl (C=O) groups excluding carboxylic acids is 1. The van der Waals surface area contributed by atoms with Gasteiger partial charge in [0.25, 0.3) is 17.1 Å². The number of nitrogens with one attached hydrogen (secondary N) is 1. The van der Waals surface area contributed by atoms with E-state index in [1.807, 2.05) is 25.1 Å². The molecule has 4 heterocycles. The molecule has 0 aromatic carbocycles. The lowest BCUT2D eigenvalue weighted by Gasteiger charge is -2.12. The van der Waals surface area contributed by atoms with Gasteiger partial charge in [0.15, 0.2) is 0 Å². The van der Waals surface area contributed by atoms with Gasteiger partial charge in [0, 0.05) is 30.7 Å². The molecule has 0 unspecified atom stereocenters. The quantitative estimate of drug-likeness (QED) is 0.299. The average Bonchev–Trinajstić information content (AvgIpc) is 2.75. The summed E-state index contributed by atoms with van der Waals surface area (Å²) >= 11 is 0. The van der Waals surface area contributed by atoms with E-state index < -0.39 is 0 Å². The Morgan fingerprint density at radius 3 is 2.93 bits per heavy atom.